The maximum Gasteiger partial charge on any atom is 0.322 e. The zero-order valence-corrected chi connectivity index (χ0v) is 13.8. The van der Waals surface area contributed by atoms with Crippen molar-refractivity contribution in [3.63, 3.8) is 0 Å². The van der Waals surface area contributed by atoms with Gasteiger partial charge in [0.1, 0.15) is 0 Å². The number of piperazine rings is 1. The van der Waals surface area contributed by atoms with Gasteiger partial charge in [0, 0.05) is 31.9 Å². The van der Waals surface area contributed by atoms with E-state index in [-0.39, 0.29) is 6.03 Å². The van der Waals surface area contributed by atoms with Crippen LogP contribution in [-0.2, 0) is 0 Å². The molecular formula is C17H21N3OS. The van der Waals surface area contributed by atoms with Gasteiger partial charge in [-0.25, -0.2) is 4.79 Å². The van der Waals surface area contributed by atoms with E-state index in [1.54, 1.807) is 11.3 Å². The quantitative estimate of drug-likeness (QED) is 0.917. The van der Waals surface area contributed by atoms with E-state index in [9.17, 15) is 4.79 Å². The first-order valence-electron chi connectivity index (χ1n) is 7.56. The summed E-state index contributed by atoms with van der Waals surface area (Å²) in [5.74, 6) is 0. The number of rotatable bonds is 2. The Balaban J connectivity index is 1.60. The van der Waals surface area contributed by atoms with Gasteiger partial charge < -0.3 is 9.80 Å². The molecule has 1 saturated heterocycles. The van der Waals surface area contributed by atoms with Gasteiger partial charge >= 0.3 is 6.03 Å². The number of carbonyl (C=O) groups excluding carboxylic acids is 1. The van der Waals surface area contributed by atoms with Crippen LogP contribution in [0.4, 0.5) is 15.5 Å². The van der Waals surface area contributed by atoms with Crippen LogP contribution in [0.3, 0.4) is 0 Å². The minimum absolute atomic E-state index is 0.00284. The van der Waals surface area contributed by atoms with Crippen LogP contribution in [-0.4, -0.2) is 37.1 Å². The number of carbonyl (C=O) groups is 1. The molecule has 0 unspecified atom stereocenters. The molecule has 2 heterocycles. The fourth-order valence-electron chi connectivity index (χ4n) is 2.76. The van der Waals surface area contributed by atoms with Crippen molar-refractivity contribution < 1.29 is 4.79 Å². The van der Waals surface area contributed by atoms with Gasteiger partial charge in [0.2, 0.25) is 0 Å². The van der Waals surface area contributed by atoms with E-state index in [2.05, 4.69) is 42.3 Å². The molecule has 0 radical (unpaired) electrons. The zero-order valence-electron chi connectivity index (χ0n) is 13.0. The number of benzene rings is 1. The summed E-state index contributed by atoms with van der Waals surface area (Å²) in [7, 11) is 0. The number of aryl methyl sites for hydroxylation is 1. The predicted octanol–water partition coefficient (Wildman–Crippen LogP) is 3.72. The van der Waals surface area contributed by atoms with Crippen molar-refractivity contribution >= 4 is 28.1 Å². The molecule has 0 saturated carbocycles. The van der Waals surface area contributed by atoms with E-state index in [4.69, 9.17) is 0 Å². The van der Waals surface area contributed by atoms with Crippen LogP contribution in [0.15, 0.2) is 35.7 Å². The number of amides is 2. The highest BCUT2D eigenvalue weighted by molar-refractivity contribution is 7.14. The van der Waals surface area contributed by atoms with Gasteiger partial charge in [-0.3, -0.25) is 5.32 Å². The van der Waals surface area contributed by atoms with E-state index in [1.807, 2.05) is 22.4 Å². The molecule has 0 atom stereocenters. The highest BCUT2D eigenvalue weighted by Gasteiger charge is 2.22. The molecule has 1 fully saturated rings. The summed E-state index contributed by atoms with van der Waals surface area (Å²) in [6.45, 7) is 7.57. The molecule has 116 valence electrons. The SMILES string of the molecule is Cc1cccc(N2CCN(C(=O)Nc3cccs3)CC2)c1C. The summed E-state index contributed by atoms with van der Waals surface area (Å²) in [6.07, 6.45) is 0. The van der Waals surface area contributed by atoms with Crippen LogP contribution < -0.4 is 10.2 Å². The van der Waals surface area contributed by atoms with Crippen LogP contribution in [0.25, 0.3) is 0 Å². The fraction of sp³-hybridized carbons (Fsp3) is 0.353. The predicted molar refractivity (Wildman–Crippen MR) is 93.0 cm³/mol. The van der Waals surface area contributed by atoms with Crippen LogP contribution in [0.5, 0.6) is 0 Å². The number of nitrogens with zero attached hydrogens (tertiary/aromatic N) is 2. The van der Waals surface area contributed by atoms with Gasteiger partial charge in [-0.1, -0.05) is 12.1 Å². The van der Waals surface area contributed by atoms with E-state index in [0.29, 0.717) is 0 Å². The molecule has 0 bridgehead atoms. The summed E-state index contributed by atoms with van der Waals surface area (Å²) in [5.41, 5.74) is 3.94. The lowest BCUT2D eigenvalue weighted by Gasteiger charge is -2.36. The van der Waals surface area contributed by atoms with E-state index < -0.39 is 0 Å². The smallest absolute Gasteiger partial charge is 0.322 e. The van der Waals surface area contributed by atoms with E-state index in [0.717, 1.165) is 31.2 Å². The number of hydrogen-bond acceptors (Lipinski definition) is 3. The van der Waals surface area contributed by atoms with Gasteiger partial charge in [0.15, 0.2) is 0 Å². The molecule has 1 aliphatic heterocycles. The summed E-state index contributed by atoms with van der Waals surface area (Å²) in [4.78, 5) is 16.5. The monoisotopic (exact) mass is 315 g/mol. The minimum atomic E-state index is 0.00284. The molecule has 4 nitrogen and oxygen atoms in total. The standard InChI is InChI=1S/C17H21N3OS/c1-13-5-3-6-15(14(13)2)19-8-10-20(11-9-19)17(21)18-16-7-4-12-22-16/h3-7,12H,8-11H2,1-2H3,(H,18,21). The molecule has 3 rings (SSSR count). The Labute approximate surface area is 135 Å². The van der Waals surface area contributed by atoms with Crippen molar-refractivity contribution in [2.45, 2.75) is 13.8 Å². The summed E-state index contributed by atoms with van der Waals surface area (Å²) >= 11 is 1.55. The summed E-state index contributed by atoms with van der Waals surface area (Å²) < 4.78 is 0. The average Bonchev–Trinajstić information content (AvgIpc) is 3.03. The zero-order chi connectivity index (χ0) is 15.5. The van der Waals surface area contributed by atoms with E-state index >= 15 is 0 Å². The third-order valence-corrected chi connectivity index (χ3v) is 5.02. The van der Waals surface area contributed by atoms with Crippen molar-refractivity contribution in [1.29, 1.82) is 0 Å². The van der Waals surface area contributed by atoms with Crippen molar-refractivity contribution in [2.75, 3.05) is 36.4 Å². The molecule has 1 aromatic carbocycles. The Morgan fingerprint density at radius 2 is 1.86 bits per heavy atom. The molecule has 2 amide bonds. The van der Waals surface area contributed by atoms with Gasteiger partial charge in [-0.15, -0.1) is 11.3 Å². The Bertz CT molecular complexity index is 646. The van der Waals surface area contributed by atoms with Crippen molar-refractivity contribution in [3.8, 4) is 0 Å². The van der Waals surface area contributed by atoms with Crippen molar-refractivity contribution in [2.24, 2.45) is 0 Å². The summed E-state index contributed by atoms with van der Waals surface area (Å²) in [5, 5.41) is 5.82. The molecule has 1 N–H and O–H groups in total. The Morgan fingerprint density at radius 3 is 2.55 bits per heavy atom. The van der Waals surface area contributed by atoms with Crippen LogP contribution in [0.1, 0.15) is 11.1 Å². The van der Waals surface area contributed by atoms with Crippen LogP contribution in [0.2, 0.25) is 0 Å². The van der Waals surface area contributed by atoms with Gasteiger partial charge in [0.05, 0.1) is 5.00 Å². The second kappa shape index (κ2) is 6.40. The van der Waals surface area contributed by atoms with Crippen molar-refractivity contribution in [1.82, 2.24) is 4.90 Å². The number of urea groups is 1. The first-order chi connectivity index (χ1) is 10.6. The lowest BCUT2D eigenvalue weighted by Crippen LogP contribution is -2.50. The van der Waals surface area contributed by atoms with Gasteiger partial charge in [0.25, 0.3) is 0 Å². The van der Waals surface area contributed by atoms with E-state index in [1.165, 1.54) is 16.8 Å². The van der Waals surface area contributed by atoms with Gasteiger partial charge in [-0.05, 0) is 48.6 Å². The molecular weight excluding hydrogens is 294 g/mol. The molecule has 0 spiro atoms. The largest absolute Gasteiger partial charge is 0.368 e. The molecule has 0 aliphatic carbocycles. The maximum absolute atomic E-state index is 12.2. The third-order valence-electron chi connectivity index (χ3n) is 4.23. The minimum Gasteiger partial charge on any atom is -0.368 e. The summed E-state index contributed by atoms with van der Waals surface area (Å²) in [6, 6.07) is 10.3. The lowest BCUT2D eigenvalue weighted by molar-refractivity contribution is 0.208. The molecule has 22 heavy (non-hydrogen) atoms. The van der Waals surface area contributed by atoms with Gasteiger partial charge in [-0.2, -0.15) is 0 Å². The molecule has 1 aromatic heterocycles. The topological polar surface area (TPSA) is 35.6 Å². The Kier molecular flexibility index (Phi) is 4.34. The number of thiophene rings is 1. The average molecular weight is 315 g/mol. The first kappa shape index (κ1) is 14.9. The Morgan fingerprint density at radius 1 is 1.09 bits per heavy atom. The highest BCUT2D eigenvalue weighted by Crippen LogP contribution is 2.24. The molecule has 2 aromatic rings. The fourth-order valence-corrected chi connectivity index (χ4v) is 3.37. The first-order valence-corrected chi connectivity index (χ1v) is 8.44. The van der Waals surface area contributed by atoms with Crippen molar-refractivity contribution in [3.05, 3.63) is 46.8 Å². The second-order valence-corrected chi connectivity index (χ2v) is 6.55. The maximum atomic E-state index is 12.2. The highest BCUT2D eigenvalue weighted by atomic mass is 32.1. The van der Waals surface area contributed by atoms with Crippen LogP contribution in [0, 0.1) is 13.8 Å². The number of nitrogens with one attached hydrogen (secondary N) is 1. The normalized spacial score (nSPS) is 15.0. The third kappa shape index (κ3) is 3.09. The lowest BCUT2D eigenvalue weighted by atomic mass is 10.1. The Hall–Kier alpha value is -2.01. The van der Waals surface area contributed by atoms with Crippen LogP contribution >= 0.6 is 11.3 Å². The second-order valence-electron chi connectivity index (χ2n) is 5.60. The number of anilines is 2. The molecule has 5 heteroatoms. The number of hydrogen-bond donors (Lipinski definition) is 1. The molecule has 1 aliphatic rings.